The fourth-order valence-corrected chi connectivity index (χ4v) is 1.02. The normalized spacial score (nSPS) is 10.7. The molecule has 1 aromatic carbocycles. The Balaban J connectivity index is 0.000000330. The van der Waals surface area contributed by atoms with Crippen LogP contribution in [0.5, 0.6) is 0 Å². The average molecular weight is 217 g/mol. The van der Waals surface area contributed by atoms with Crippen molar-refractivity contribution in [3.63, 3.8) is 0 Å². The number of nitrogens with zero attached hydrogens (tertiary/aromatic N) is 1. The molecule has 0 N–H and O–H groups in total. The molecule has 15 heavy (non-hydrogen) atoms. The zero-order valence-electron chi connectivity index (χ0n) is 8.58. The van der Waals surface area contributed by atoms with E-state index >= 15 is 0 Å². The molecule has 0 atom stereocenters. The summed E-state index contributed by atoms with van der Waals surface area (Å²) in [4.78, 5) is 4.18. The fourth-order valence-electron chi connectivity index (χ4n) is 1.02. The SMILES string of the molecule is F[B-](F)(F)F.[H+].c1ccc2ncccc2c1. The molecule has 6 heteroatoms. The summed E-state index contributed by atoms with van der Waals surface area (Å²) in [5.41, 5.74) is 1.06. The molecule has 0 aliphatic heterocycles. The Bertz CT molecular complexity index is 364. The lowest BCUT2D eigenvalue weighted by molar-refractivity contribution is 0.368. The van der Waals surface area contributed by atoms with Crippen LogP contribution in [0, 0.1) is 0 Å². The van der Waals surface area contributed by atoms with Crippen molar-refractivity contribution in [3.8, 4) is 0 Å². The van der Waals surface area contributed by atoms with Crippen molar-refractivity contribution >= 4 is 18.2 Å². The number of rotatable bonds is 0. The van der Waals surface area contributed by atoms with Gasteiger partial charge in [-0.2, -0.15) is 0 Å². The van der Waals surface area contributed by atoms with Crippen molar-refractivity contribution in [2.75, 3.05) is 0 Å². The van der Waals surface area contributed by atoms with E-state index in [1.807, 2.05) is 30.5 Å². The van der Waals surface area contributed by atoms with Crippen LogP contribution in [0.25, 0.3) is 10.9 Å². The van der Waals surface area contributed by atoms with E-state index in [4.69, 9.17) is 0 Å². The van der Waals surface area contributed by atoms with E-state index in [1.165, 1.54) is 5.39 Å². The lowest BCUT2D eigenvalue weighted by Crippen LogP contribution is -2.02. The number of hydrogen-bond acceptors (Lipinski definition) is 1. The second kappa shape index (κ2) is 4.77. The predicted octanol–water partition coefficient (Wildman–Crippen LogP) is 3.65. The van der Waals surface area contributed by atoms with Crippen molar-refractivity contribution in [2.24, 2.45) is 0 Å². The van der Waals surface area contributed by atoms with Gasteiger partial charge < -0.3 is 17.3 Å². The molecular weight excluding hydrogens is 209 g/mol. The van der Waals surface area contributed by atoms with Crippen molar-refractivity contribution < 1.29 is 18.7 Å². The van der Waals surface area contributed by atoms with E-state index in [2.05, 4.69) is 17.1 Å². The summed E-state index contributed by atoms with van der Waals surface area (Å²) in [7, 11) is -6.00. The molecule has 0 bridgehead atoms. The molecular formula is C9H8BF4N. The quantitative estimate of drug-likeness (QED) is 0.484. The van der Waals surface area contributed by atoms with Crippen LogP contribution in [0.3, 0.4) is 0 Å². The van der Waals surface area contributed by atoms with Gasteiger partial charge in [0.25, 0.3) is 0 Å². The Hall–Kier alpha value is -1.59. The van der Waals surface area contributed by atoms with E-state index < -0.39 is 7.25 Å². The van der Waals surface area contributed by atoms with Gasteiger partial charge in [0.15, 0.2) is 0 Å². The molecule has 0 aliphatic carbocycles. The highest BCUT2D eigenvalue weighted by Crippen LogP contribution is 2.08. The van der Waals surface area contributed by atoms with Crippen LogP contribution in [-0.2, 0) is 0 Å². The molecule has 0 radical (unpaired) electrons. The minimum atomic E-state index is -6.00. The third-order valence-corrected chi connectivity index (χ3v) is 1.51. The minimum absolute atomic E-state index is 0. The number of fused-ring (bicyclic) bond motifs is 1. The van der Waals surface area contributed by atoms with E-state index in [0.29, 0.717) is 0 Å². The molecule has 1 heterocycles. The van der Waals surface area contributed by atoms with Crippen LogP contribution in [0.15, 0.2) is 42.6 Å². The summed E-state index contributed by atoms with van der Waals surface area (Å²) in [5.74, 6) is 0. The summed E-state index contributed by atoms with van der Waals surface area (Å²) < 4.78 is 39.0. The highest BCUT2D eigenvalue weighted by atomic mass is 19.5. The molecule has 0 unspecified atom stereocenters. The van der Waals surface area contributed by atoms with Crippen molar-refractivity contribution in [3.05, 3.63) is 42.6 Å². The fraction of sp³-hybridized carbons (Fsp3) is 0. The molecule has 80 valence electrons. The van der Waals surface area contributed by atoms with Crippen molar-refractivity contribution in [1.82, 2.24) is 4.98 Å². The van der Waals surface area contributed by atoms with Gasteiger partial charge >= 0.3 is 8.68 Å². The molecule has 0 aliphatic rings. The van der Waals surface area contributed by atoms with Gasteiger partial charge in [-0.3, -0.25) is 4.98 Å². The third-order valence-electron chi connectivity index (χ3n) is 1.51. The lowest BCUT2D eigenvalue weighted by Gasteiger charge is -1.94. The summed E-state index contributed by atoms with van der Waals surface area (Å²) in [6.45, 7) is 0. The van der Waals surface area contributed by atoms with E-state index in [-0.39, 0.29) is 1.43 Å². The molecule has 1 nitrogen and oxygen atoms in total. The molecule has 0 saturated heterocycles. The monoisotopic (exact) mass is 217 g/mol. The van der Waals surface area contributed by atoms with Crippen molar-refractivity contribution in [2.45, 2.75) is 0 Å². The topological polar surface area (TPSA) is 12.9 Å². The van der Waals surface area contributed by atoms with Gasteiger partial charge in [-0.15, -0.1) is 0 Å². The summed E-state index contributed by atoms with van der Waals surface area (Å²) in [6, 6.07) is 12.1. The molecule has 2 rings (SSSR count). The highest BCUT2D eigenvalue weighted by molar-refractivity contribution is 6.50. The maximum Gasteiger partial charge on any atom is 1.00 e. The van der Waals surface area contributed by atoms with Gasteiger partial charge in [0.1, 0.15) is 0 Å². The van der Waals surface area contributed by atoms with E-state index in [1.54, 1.807) is 0 Å². The molecule has 0 amide bonds. The second-order valence-corrected chi connectivity index (χ2v) is 2.69. The molecule has 0 fully saturated rings. The zero-order valence-corrected chi connectivity index (χ0v) is 7.58. The van der Waals surface area contributed by atoms with Gasteiger partial charge in [0, 0.05) is 11.6 Å². The van der Waals surface area contributed by atoms with Crippen LogP contribution in [0.1, 0.15) is 1.43 Å². The number of benzene rings is 1. The standard InChI is InChI=1S/C9H7N.BF4/c1-2-6-9-8(4-1)5-3-7-10-9;2-1(3,4)5/h1-7H;/q;-1/p+1. The molecule has 0 saturated carbocycles. The van der Waals surface area contributed by atoms with Crippen LogP contribution in [-0.4, -0.2) is 12.2 Å². The summed E-state index contributed by atoms with van der Waals surface area (Å²) in [5, 5.41) is 1.20. The number of aromatic nitrogens is 1. The summed E-state index contributed by atoms with van der Waals surface area (Å²) >= 11 is 0. The van der Waals surface area contributed by atoms with Crippen molar-refractivity contribution in [1.29, 1.82) is 0 Å². The predicted molar refractivity (Wildman–Crippen MR) is 53.0 cm³/mol. The zero-order chi connectivity index (χ0) is 11.3. The van der Waals surface area contributed by atoms with Gasteiger partial charge in [-0.1, -0.05) is 24.3 Å². The maximum absolute atomic E-state index is 9.75. The average Bonchev–Trinajstić information content (AvgIpc) is 2.16. The largest absolute Gasteiger partial charge is 1.00 e. The minimum Gasteiger partial charge on any atom is -0.418 e. The first-order valence-corrected chi connectivity index (χ1v) is 4.14. The Kier molecular flexibility index (Phi) is 3.65. The summed E-state index contributed by atoms with van der Waals surface area (Å²) in [6.07, 6.45) is 1.81. The van der Waals surface area contributed by atoms with Crippen LogP contribution < -0.4 is 0 Å². The Labute approximate surface area is 85.3 Å². The van der Waals surface area contributed by atoms with Gasteiger partial charge in [-0.05, 0) is 12.1 Å². The van der Waals surface area contributed by atoms with Crippen LogP contribution in [0.4, 0.5) is 17.3 Å². The number of para-hydroxylation sites is 1. The first-order valence-electron chi connectivity index (χ1n) is 4.14. The Morgan fingerprint density at radius 1 is 0.933 bits per heavy atom. The van der Waals surface area contributed by atoms with Gasteiger partial charge in [0.2, 0.25) is 0 Å². The van der Waals surface area contributed by atoms with E-state index in [9.17, 15) is 17.3 Å². The molecule has 1 aromatic heterocycles. The number of halogens is 4. The third kappa shape index (κ3) is 5.00. The Morgan fingerprint density at radius 2 is 1.47 bits per heavy atom. The molecule has 2 aromatic rings. The first-order chi connectivity index (χ1) is 6.97. The molecule has 0 spiro atoms. The van der Waals surface area contributed by atoms with Gasteiger partial charge in [0.05, 0.1) is 5.52 Å². The second-order valence-electron chi connectivity index (χ2n) is 2.69. The maximum atomic E-state index is 9.75. The highest BCUT2D eigenvalue weighted by Gasteiger charge is 2.20. The lowest BCUT2D eigenvalue weighted by atomic mass is 10.2. The number of hydrogen-bond donors (Lipinski definition) is 0. The van der Waals surface area contributed by atoms with E-state index in [0.717, 1.165) is 5.52 Å². The first kappa shape index (κ1) is 11.5. The van der Waals surface area contributed by atoms with Crippen LogP contribution >= 0.6 is 0 Å². The smallest absolute Gasteiger partial charge is 0.418 e. The Morgan fingerprint density at radius 3 is 2.07 bits per heavy atom. The van der Waals surface area contributed by atoms with Gasteiger partial charge in [-0.25, -0.2) is 0 Å². The number of pyridine rings is 1. The van der Waals surface area contributed by atoms with Crippen LogP contribution in [0.2, 0.25) is 0 Å².